The predicted octanol–water partition coefficient (Wildman–Crippen LogP) is 0.624. The van der Waals surface area contributed by atoms with Crippen LogP contribution < -0.4 is 9.46 Å². The Morgan fingerprint density at radius 3 is 2.75 bits per heavy atom. The molecule has 0 radical (unpaired) electrons. The Labute approximate surface area is 117 Å². The molecule has 0 aliphatic rings. The fraction of sp³-hybridized carbons (Fsp3) is 0.308. The highest BCUT2D eigenvalue weighted by Gasteiger charge is 2.20. The molecule has 6 nitrogen and oxygen atoms in total. The summed E-state index contributed by atoms with van der Waals surface area (Å²) in [6.45, 7) is 0.0946. The zero-order valence-electron chi connectivity index (χ0n) is 10.9. The van der Waals surface area contributed by atoms with E-state index in [0.29, 0.717) is 5.75 Å². The average molecular weight is 297 g/mol. The first-order valence-electron chi connectivity index (χ1n) is 5.72. The molecule has 1 aromatic rings. The largest absolute Gasteiger partial charge is 0.497 e. The Hall–Kier alpha value is -2.04. The van der Waals surface area contributed by atoms with Crippen LogP contribution in [0.2, 0.25) is 0 Å². The van der Waals surface area contributed by atoms with Gasteiger partial charge in [0, 0.05) is 13.0 Å². The number of carbonyl (C=O) groups is 1. The molecular weight excluding hydrogens is 282 g/mol. The number of rotatable bonds is 7. The van der Waals surface area contributed by atoms with Crippen molar-refractivity contribution in [1.82, 2.24) is 4.72 Å². The number of carboxylic acids is 1. The lowest BCUT2D eigenvalue weighted by atomic mass is 10.1. The summed E-state index contributed by atoms with van der Waals surface area (Å²) < 4.78 is 31.5. The lowest BCUT2D eigenvalue weighted by Gasteiger charge is -2.11. The third-order valence-electron chi connectivity index (χ3n) is 2.46. The Bertz CT molecular complexity index is 631. The second-order valence-electron chi connectivity index (χ2n) is 3.90. The van der Waals surface area contributed by atoms with E-state index in [0.717, 1.165) is 0 Å². The van der Waals surface area contributed by atoms with Crippen molar-refractivity contribution < 1.29 is 23.1 Å². The summed E-state index contributed by atoms with van der Waals surface area (Å²) in [5.41, 5.74) is 0.157. The zero-order valence-corrected chi connectivity index (χ0v) is 11.7. The first-order chi connectivity index (χ1) is 9.40. The first-order valence-corrected chi connectivity index (χ1v) is 7.21. The lowest BCUT2D eigenvalue weighted by molar-refractivity contribution is -0.136. The van der Waals surface area contributed by atoms with E-state index in [1.54, 1.807) is 0 Å². The number of terminal acetylenes is 1. The molecular formula is C13H15NO5S. The molecule has 0 unspecified atom stereocenters. The van der Waals surface area contributed by atoms with E-state index in [2.05, 4.69) is 10.6 Å². The number of ether oxygens (including phenoxy) is 1. The van der Waals surface area contributed by atoms with E-state index in [1.807, 2.05) is 0 Å². The molecule has 0 saturated heterocycles. The normalized spacial score (nSPS) is 10.8. The molecule has 0 amide bonds. The number of carboxylic acid groups (broad SMARTS) is 1. The maximum Gasteiger partial charge on any atom is 0.307 e. The van der Waals surface area contributed by atoms with Gasteiger partial charge in [0.2, 0.25) is 10.0 Å². The fourth-order valence-electron chi connectivity index (χ4n) is 1.58. The summed E-state index contributed by atoms with van der Waals surface area (Å²) in [4.78, 5) is 10.7. The van der Waals surface area contributed by atoms with E-state index < -0.39 is 22.4 Å². The van der Waals surface area contributed by atoms with Gasteiger partial charge >= 0.3 is 5.97 Å². The third-order valence-corrected chi connectivity index (χ3v) is 4.02. The Balaban J connectivity index is 3.15. The maximum absolute atomic E-state index is 12.1. The van der Waals surface area contributed by atoms with Crippen molar-refractivity contribution in [3.8, 4) is 18.1 Å². The van der Waals surface area contributed by atoms with Crippen molar-refractivity contribution in [2.45, 2.75) is 17.7 Å². The Morgan fingerprint density at radius 1 is 1.50 bits per heavy atom. The summed E-state index contributed by atoms with van der Waals surface area (Å²) in [7, 11) is -2.38. The Morgan fingerprint density at radius 2 is 2.20 bits per heavy atom. The standard InChI is InChI=1S/C13H15NO5S/c1-3-4-7-14-20(17,18)12-6-5-11(19-2)8-10(12)9-13(15)16/h1,5-6,8,14H,4,7,9H2,2H3,(H,15,16). The quantitative estimate of drug-likeness (QED) is 0.568. The molecule has 0 spiro atoms. The van der Waals surface area contributed by atoms with Crippen LogP contribution in [0.25, 0.3) is 0 Å². The van der Waals surface area contributed by atoms with Gasteiger partial charge in [0.05, 0.1) is 18.4 Å². The Kier molecular flexibility index (Phi) is 5.55. The molecule has 0 aromatic heterocycles. The van der Waals surface area contributed by atoms with Crippen molar-refractivity contribution in [3.63, 3.8) is 0 Å². The van der Waals surface area contributed by atoms with Gasteiger partial charge in [-0.15, -0.1) is 12.3 Å². The molecule has 20 heavy (non-hydrogen) atoms. The number of hydrogen-bond acceptors (Lipinski definition) is 4. The second-order valence-corrected chi connectivity index (χ2v) is 5.63. The molecule has 0 fully saturated rings. The molecule has 0 heterocycles. The number of methoxy groups -OCH3 is 1. The van der Waals surface area contributed by atoms with Gasteiger partial charge in [-0.05, 0) is 23.8 Å². The topological polar surface area (TPSA) is 92.7 Å². The molecule has 0 aliphatic carbocycles. The van der Waals surface area contributed by atoms with E-state index in [-0.39, 0.29) is 23.4 Å². The first kappa shape index (κ1) is 16.0. The molecule has 0 aliphatic heterocycles. The smallest absolute Gasteiger partial charge is 0.307 e. The molecule has 1 rings (SSSR count). The van der Waals surface area contributed by atoms with Gasteiger partial charge in [-0.2, -0.15) is 0 Å². The second kappa shape index (κ2) is 6.93. The van der Waals surface area contributed by atoms with Gasteiger partial charge in [-0.25, -0.2) is 13.1 Å². The molecule has 0 bridgehead atoms. The number of benzene rings is 1. The molecule has 0 saturated carbocycles. The van der Waals surface area contributed by atoms with E-state index in [9.17, 15) is 13.2 Å². The molecule has 1 aromatic carbocycles. The lowest BCUT2D eigenvalue weighted by Crippen LogP contribution is -2.26. The van der Waals surface area contributed by atoms with Crippen LogP contribution in [0, 0.1) is 12.3 Å². The van der Waals surface area contributed by atoms with Crippen LogP contribution in [0.5, 0.6) is 5.75 Å². The van der Waals surface area contributed by atoms with Gasteiger partial charge in [0.25, 0.3) is 0 Å². The van der Waals surface area contributed by atoms with Gasteiger partial charge in [0.15, 0.2) is 0 Å². The van der Waals surface area contributed by atoms with Crippen LogP contribution in [-0.2, 0) is 21.2 Å². The van der Waals surface area contributed by atoms with Gasteiger partial charge in [0.1, 0.15) is 5.75 Å². The van der Waals surface area contributed by atoms with Crippen molar-refractivity contribution in [1.29, 1.82) is 0 Å². The van der Waals surface area contributed by atoms with Crippen LogP contribution in [-0.4, -0.2) is 33.1 Å². The van der Waals surface area contributed by atoms with E-state index >= 15 is 0 Å². The van der Waals surface area contributed by atoms with Gasteiger partial charge in [-0.1, -0.05) is 0 Å². The number of hydrogen-bond donors (Lipinski definition) is 2. The SMILES string of the molecule is C#CCCNS(=O)(=O)c1ccc(OC)cc1CC(=O)O. The van der Waals surface area contributed by atoms with Gasteiger partial charge < -0.3 is 9.84 Å². The summed E-state index contributed by atoms with van der Waals surface area (Å²) in [6.07, 6.45) is 4.89. The van der Waals surface area contributed by atoms with Crippen molar-refractivity contribution in [2.75, 3.05) is 13.7 Å². The monoisotopic (exact) mass is 297 g/mol. The van der Waals surface area contributed by atoms with Crippen molar-refractivity contribution >= 4 is 16.0 Å². The highest BCUT2D eigenvalue weighted by molar-refractivity contribution is 7.89. The van der Waals surface area contributed by atoms with Gasteiger partial charge in [-0.3, -0.25) is 4.79 Å². The molecule has 108 valence electrons. The minimum atomic E-state index is -3.80. The molecule has 7 heteroatoms. The van der Waals surface area contributed by atoms with Crippen LogP contribution in [0.3, 0.4) is 0 Å². The van der Waals surface area contributed by atoms with Crippen LogP contribution >= 0.6 is 0 Å². The number of sulfonamides is 1. The molecule has 2 N–H and O–H groups in total. The highest BCUT2D eigenvalue weighted by atomic mass is 32.2. The summed E-state index contributed by atoms with van der Waals surface area (Å²) in [5, 5.41) is 8.85. The minimum absolute atomic E-state index is 0.0854. The zero-order chi connectivity index (χ0) is 15.2. The maximum atomic E-state index is 12.1. The van der Waals surface area contributed by atoms with Crippen molar-refractivity contribution in [3.05, 3.63) is 23.8 Å². The number of aliphatic carboxylic acids is 1. The fourth-order valence-corrected chi connectivity index (χ4v) is 2.83. The van der Waals surface area contributed by atoms with E-state index in [4.69, 9.17) is 16.3 Å². The molecule has 0 atom stereocenters. The summed E-state index contributed by atoms with van der Waals surface area (Å²) in [5.74, 6) is 1.58. The number of nitrogens with one attached hydrogen (secondary N) is 1. The predicted molar refractivity (Wildman–Crippen MR) is 73.0 cm³/mol. The minimum Gasteiger partial charge on any atom is -0.497 e. The average Bonchev–Trinajstić information content (AvgIpc) is 2.37. The van der Waals surface area contributed by atoms with Crippen molar-refractivity contribution in [2.24, 2.45) is 0 Å². The summed E-state index contributed by atoms with van der Waals surface area (Å²) in [6, 6.07) is 4.17. The van der Waals surface area contributed by atoms with Crippen LogP contribution in [0.15, 0.2) is 23.1 Å². The van der Waals surface area contributed by atoms with Crippen LogP contribution in [0.1, 0.15) is 12.0 Å². The van der Waals surface area contributed by atoms with Crippen LogP contribution in [0.4, 0.5) is 0 Å². The highest BCUT2D eigenvalue weighted by Crippen LogP contribution is 2.22. The summed E-state index contributed by atoms with van der Waals surface area (Å²) >= 11 is 0. The van der Waals surface area contributed by atoms with E-state index in [1.165, 1.54) is 25.3 Å². The third kappa shape index (κ3) is 4.26.